The molecule has 0 aromatic heterocycles. The van der Waals surface area contributed by atoms with Gasteiger partial charge in [-0.15, -0.1) is 0 Å². The molecule has 0 aliphatic carbocycles. The van der Waals surface area contributed by atoms with E-state index < -0.39 is 23.7 Å². The molecule has 8 heteroatoms. The van der Waals surface area contributed by atoms with Crippen LogP contribution in [0.4, 0.5) is 24.5 Å². The minimum absolute atomic E-state index is 0.0142. The van der Waals surface area contributed by atoms with Crippen LogP contribution in [0, 0.1) is 0 Å². The summed E-state index contributed by atoms with van der Waals surface area (Å²) in [6.45, 7) is 3.59. The number of anilines is 2. The van der Waals surface area contributed by atoms with Gasteiger partial charge in [-0.1, -0.05) is 25.1 Å². The first-order valence-corrected chi connectivity index (χ1v) is 9.18. The number of hydrogen-bond donors (Lipinski definition) is 2. The summed E-state index contributed by atoms with van der Waals surface area (Å²) in [7, 11) is 1.63. The number of alkyl halides is 3. The lowest BCUT2D eigenvalue weighted by Gasteiger charge is -2.23. The smallest absolute Gasteiger partial charge is 0.325 e. The van der Waals surface area contributed by atoms with Crippen LogP contribution in [0.3, 0.4) is 0 Å². The van der Waals surface area contributed by atoms with Crippen LogP contribution in [0.25, 0.3) is 0 Å². The number of carbonyl (C=O) groups is 2. The Morgan fingerprint density at radius 2 is 1.66 bits per heavy atom. The Morgan fingerprint density at radius 3 is 2.24 bits per heavy atom. The molecule has 0 spiro atoms. The van der Waals surface area contributed by atoms with Gasteiger partial charge in [0.05, 0.1) is 18.2 Å². The highest BCUT2D eigenvalue weighted by Gasteiger charge is 2.30. The van der Waals surface area contributed by atoms with Gasteiger partial charge >= 0.3 is 6.18 Å². The molecular weight excluding hydrogens is 383 g/mol. The van der Waals surface area contributed by atoms with Crippen molar-refractivity contribution in [3.05, 3.63) is 59.7 Å². The number of hydrogen-bond acceptors (Lipinski definition) is 3. The lowest BCUT2D eigenvalue weighted by atomic mass is 10.1. The average Bonchev–Trinajstić information content (AvgIpc) is 2.67. The third-order valence-electron chi connectivity index (χ3n) is 4.59. The number of carbonyl (C=O) groups excluding carboxylic acids is 2. The van der Waals surface area contributed by atoms with E-state index in [2.05, 4.69) is 10.6 Å². The van der Waals surface area contributed by atoms with Gasteiger partial charge in [-0.05, 0) is 56.3 Å². The van der Waals surface area contributed by atoms with Gasteiger partial charge in [-0.25, -0.2) is 0 Å². The van der Waals surface area contributed by atoms with Crippen LogP contribution in [0.1, 0.15) is 25.0 Å². The predicted octanol–water partition coefficient (Wildman–Crippen LogP) is 4.17. The van der Waals surface area contributed by atoms with Crippen LogP contribution in [-0.4, -0.2) is 36.3 Å². The number of benzene rings is 2. The third kappa shape index (κ3) is 6.32. The molecule has 1 atom stereocenters. The average molecular weight is 407 g/mol. The van der Waals surface area contributed by atoms with E-state index in [9.17, 15) is 22.8 Å². The zero-order valence-electron chi connectivity index (χ0n) is 16.5. The van der Waals surface area contributed by atoms with Crippen molar-refractivity contribution in [3.8, 4) is 0 Å². The Morgan fingerprint density at radius 1 is 1.03 bits per heavy atom. The van der Waals surface area contributed by atoms with Crippen LogP contribution in [-0.2, 0) is 22.2 Å². The van der Waals surface area contributed by atoms with Gasteiger partial charge in [0.25, 0.3) is 0 Å². The van der Waals surface area contributed by atoms with E-state index in [1.54, 1.807) is 18.9 Å². The minimum Gasteiger partial charge on any atom is -0.325 e. The molecule has 0 radical (unpaired) electrons. The molecule has 0 bridgehead atoms. The highest BCUT2D eigenvalue weighted by atomic mass is 19.4. The van der Waals surface area contributed by atoms with Crippen molar-refractivity contribution in [1.29, 1.82) is 0 Å². The molecule has 0 saturated carbocycles. The van der Waals surface area contributed by atoms with Crippen molar-refractivity contribution in [2.24, 2.45) is 0 Å². The number of para-hydroxylation sites is 1. The lowest BCUT2D eigenvalue weighted by Crippen LogP contribution is -2.43. The van der Waals surface area contributed by atoms with E-state index >= 15 is 0 Å². The second-order valence-corrected chi connectivity index (χ2v) is 6.71. The van der Waals surface area contributed by atoms with Crippen LogP contribution in [0.2, 0.25) is 0 Å². The predicted molar refractivity (Wildman–Crippen MR) is 107 cm³/mol. The van der Waals surface area contributed by atoms with E-state index in [-0.39, 0.29) is 18.1 Å². The summed E-state index contributed by atoms with van der Waals surface area (Å²) in [5, 5.41) is 5.40. The summed E-state index contributed by atoms with van der Waals surface area (Å²) in [5.74, 6) is -0.684. The Kier molecular flexibility index (Phi) is 7.39. The van der Waals surface area contributed by atoms with Crippen molar-refractivity contribution in [2.75, 3.05) is 24.2 Å². The van der Waals surface area contributed by atoms with Gasteiger partial charge in [0.2, 0.25) is 11.8 Å². The summed E-state index contributed by atoms with van der Waals surface area (Å²) in [6, 6.07) is 11.0. The van der Waals surface area contributed by atoms with Crippen LogP contribution >= 0.6 is 0 Å². The summed E-state index contributed by atoms with van der Waals surface area (Å²) in [6.07, 6.45) is -3.65. The molecule has 2 aromatic carbocycles. The topological polar surface area (TPSA) is 61.4 Å². The Balaban J connectivity index is 1.92. The van der Waals surface area contributed by atoms with Gasteiger partial charge in [0.15, 0.2) is 0 Å². The van der Waals surface area contributed by atoms with Crippen LogP contribution in [0.5, 0.6) is 0 Å². The second kappa shape index (κ2) is 9.56. The first-order valence-electron chi connectivity index (χ1n) is 9.18. The van der Waals surface area contributed by atoms with Gasteiger partial charge in [-0.3, -0.25) is 14.5 Å². The molecule has 2 rings (SSSR count). The number of nitrogens with zero attached hydrogens (tertiary/aromatic N) is 1. The quantitative estimate of drug-likeness (QED) is 0.724. The first-order chi connectivity index (χ1) is 13.6. The fourth-order valence-corrected chi connectivity index (χ4v) is 2.69. The van der Waals surface area contributed by atoms with Crippen molar-refractivity contribution < 1.29 is 22.8 Å². The fraction of sp³-hybridized carbons (Fsp3) is 0.333. The van der Waals surface area contributed by atoms with Crippen molar-refractivity contribution in [3.63, 3.8) is 0 Å². The van der Waals surface area contributed by atoms with Gasteiger partial charge in [-0.2, -0.15) is 13.2 Å². The standard InChI is InChI=1S/C21H24F3N3O2/c1-4-15-7-5-6-8-18(15)26-19(28)13-27(3)14(2)20(29)25-17-11-9-16(10-12-17)21(22,23)24/h5-12,14H,4,13H2,1-3H3,(H,25,29)(H,26,28)/t14-/m1/s1. The van der Waals surface area contributed by atoms with E-state index in [4.69, 9.17) is 0 Å². The summed E-state index contributed by atoms with van der Waals surface area (Å²) in [4.78, 5) is 26.2. The number of nitrogens with one attached hydrogen (secondary N) is 2. The van der Waals surface area contributed by atoms with E-state index in [1.807, 2.05) is 31.2 Å². The van der Waals surface area contributed by atoms with E-state index in [0.717, 1.165) is 29.8 Å². The first kappa shape index (κ1) is 22.4. The lowest BCUT2D eigenvalue weighted by molar-refractivity contribution is -0.137. The minimum atomic E-state index is -4.43. The zero-order valence-corrected chi connectivity index (χ0v) is 16.5. The monoisotopic (exact) mass is 407 g/mol. The molecule has 0 heterocycles. The summed E-state index contributed by atoms with van der Waals surface area (Å²) >= 11 is 0. The van der Waals surface area contributed by atoms with Gasteiger partial charge in [0.1, 0.15) is 0 Å². The molecule has 0 aliphatic heterocycles. The molecule has 2 N–H and O–H groups in total. The number of amides is 2. The Hall–Kier alpha value is -2.87. The largest absolute Gasteiger partial charge is 0.416 e. The normalized spacial score (nSPS) is 12.5. The molecule has 0 saturated heterocycles. The van der Waals surface area contributed by atoms with Crippen molar-refractivity contribution in [1.82, 2.24) is 4.90 Å². The fourth-order valence-electron chi connectivity index (χ4n) is 2.69. The molecule has 2 amide bonds. The van der Waals surface area contributed by atoms with Gasteiger partial charge < -0.3 is 10.6 Å². The van der Waals surface area contributed by atoms with Crippen LogP contribution < -0.4 is 10.6 Å². The van der Waals surface area contributed by atoms with Gasteiger partial charge in [0, 0.05) is 11.4 Å². The summed E-state index contributed by atoms with van der Waals surface area (Å²) < 4.78 is 37.8. The van der Waals surface area contributed by atoms with E-state index in [1.165, 1.54) is 12.1 Å². The molecule has 0 unspecified atom stereocenters. The highest BCUT2D eigenvalue weighted by Crippen LogP contribution is 2.29. The highest BCUT2D eigenvalue weighted by molar-refractivity contribution is 5.96. The number of likely N-dealkylation sites (N-methyl/N-ethyl adjacent to an activating group) is 1. The maximum Gasteiger partial charge on any atom is 0.416 e. The van der Waals surface area contributed by atoms with Crippen molar-refractivity contribution in [2.45, 2.75) is 32.5 Å². The number of aryl methyl sites for hydroxylation is 1. The van der Waals surface area contributed by atoms with Crippen molar-refractivity contribution >= 4 is 23.2 Å². The van der Waals surface area contributed by atoms with Crippen LogP contribution in [0.15, 0.2) is 48.5 Å². The number of halogens is 3. The van der Waals surface area contributed by atoms with E-state index in [0.29, 0.717) is 0 Å². The molecule has 2 aromatic rings. The molecular formula is C21H24F3N3O2. The Bertz CT molecular complexity index is 851. The SMILES string of the molecule is CCc1ccccc1NC(=O)CN(C)[C@H](C)C(=O)Nc1ccc(C(F)(F)F)cc1. The molecule has 156 valence electrons. The number of rotatable bonds is 7. The third-order valence-corrected chi connectivity index (χ3v) is 4.59. The molecule has 29 heavy (non-hydrogen) atoms. The maximum absolute atomic E-state index is 12.6. The maximum atomic E-state index is 12.6. The summed E-state index contributed by atoms with van der Waals surface area (Å²) in [5.41, 5.74) is 1.21. The second-order valence-electron chi connectivity index (χ2n) is 6.71. The molecule has 0 fully saturated rings. The molecule has 5 nitrogen and oxygen atoms in total. The zero-order chi connectivity index (χ0) is 21.6. The molecule has 0 aliphatic rings. The Labute approximate surface area is 167 Å².